The van der Waals surface area contributed by atoms with Gasteiger partial charge in [0.15, 0.2) is 0 Å². The van der Waals surface area contributed by atoms with Crippen molar-refractivity contribution in [2.24, 2.45) is 5.73 Å². The predicted octanol–water partition coefficient (Wildman–Crippen LogP) is 2.31. The third-order valence-corrected chi connectivity index (χ3v) is 4.12. The fourth-order valence-electron chi connectivity index (χ4n) is 2.71. The number of carbonyl (C=O) groups excluding carboxylic acids is 1. The molecule has 0 aliphatic carbocycles. The van der Waals surface area contributed by atoms with E-state index in [-0.39, 0.29) is 12.4 Å². The van der Waals surface area contributed by atoms with Gasteiger partial charge in [-0.1, -0.05) is 15.9 Å². The van der Waals surface area contributed by atoms with Gasteiger partial charge in [-0.15, -0.1) is 12.4 Å². The van der Waals surface area contributed by atoms with E-state index in [1.54, 1.807) is 6.07 Å². The van der Waals surface area contributed by atoms with Crippen LogP contribution >= 0.6 is 28.3 Å². The SMILES string of the molecule is Cl.NC(=O)c1cc(Br)cc2c(C3CCNCC3)[nH]nc12. The van der Waals surface area contributed by atoms with Crippen molar-refractivity contribution < 1.29 is 4.79 Å². The summed E-state index contributed by atoms with van der Waals surface area (Å²) in [5, 5.41) is 11.7. The van der Waals surface area contributed by atoms with Crippen molar-refractivity contribution in [3.63, 3.8) is 0 Å². The molecule has 7 heteroatoms. The van der Waals surface area contributed by atoms with E-state index in [4.69, 9.17) is 5.73 Å². The molecule has 1 amide bonds. The molecule has 1 fully saturated rings. The molecule has 20 heavy (non-hydrogen) atoms. The summed E-state index contributed by atoms with van der Waals surface area (Å²) in [4.78, 5) is 11.5. The zero-order valence-electron chi connectivity index (χ0n) is 10.8. The second kappa shape index (κ2) is 6.11. The number of fused-ring (bicyclic) bond motifs is 1. The number of nitrogens with one attached hydrogen (secondary N) is 2. The molecular formula is C13H16BrClN4O. The van der Waals surface area contributed by atoms with Crippen molar-refractivity contribution >= 4 is 45.1 Å². The number of primary amides is 1. The molecule has 1 aromatic carbocycles. The minimum absolute atomic E-state index is 0. The molecule has 3 rings (SSSR count). The second-order valence-electron chi connectivity index (χ2n) is 4.88. The molecule has 0 bridgehead atoms. The van der Waals surface area contributed by atoms with E-state index in [9.17, 15) is 4.79 Å². The smallest absolute Gasteiger partial charge is 0.251 e. The van der Waals surface area contributed by atoms with E-state index >= 15 is 0 Å². The van der Waals surface area contributed by atoms with E-state index in [0.717, 1.165) is 41.5 Å². The van der Waals surface area contributed by atoms with Crippen LogP contribution in [0, 0.1) is 0 Å². The highest BCUT2D eigenvalue weighted by atomic mass is 79.9. The molecule has 0 spiro atoms. The number of nitrogens with zero attached hydrogens (tertiary/aromatic N) is 1. The number of carbonyl (C=O) groups is 1. The van der Waals surface area contributed by atoms with Gasteiger partial charge in [-0.25, -0.2) is 0 Å². The lowest BCUT2D eigenvalue weighted by molar-refractivity contribution is 0.100. The van der Waals surface area contributed by atoms with Crippen molar-refractivity contribution in [1.29, 1.82) is 0 Å². The van der Waals surface area contributed by atoms with Gasteiger partial charge < -0.3 is 11.1 Å². The van der Waals surface area contributed by atoms with Crippen LogP contribution in [0.5, 0.6) is 0 Å². The summed E-state index contributed by atoms with van der Waals surface area (Å²) in [5.41, 5.74) is 7.65. The number of rotatable bonds is 2. The van der Waals surface area contributed by atoms with Crippen LogP contribution in [0.3, 0.4) is 0 Å². The normalized spacial score (nSPS) is 16.1. The number of H-pyrrole nitrogens is 1. The number of amides is 1. The standard InChI is InChI=1S/C13H15BrN4O.ClH/c14-8-5-9-11(7-1-3-16-4-2-7)17-18-12(9)10(6-8)13(15)19;/h5-7,16H,1-4H2,(H2,15,19)(H,17,18);1H. The Bertz CT molecular complexity index is 637. The monoisotopic (exact) mass is 358 g/mol. The summed E-state index contributed by atoms with van der Waals surface area (Å²) in [5.74, 6) is 0.0101. The average molecular weight is 360 g/mol. The maximum atomic E-state index is 11.5. The Morgan fingerprint density at radius 2 is 2.05 bits per heavy atom. The second-order valence-corrected chi connectivity index (χ2v) is 5.79. The van der Waals surface area contributed by atoms with Gasteiger partial charge in [0.2, 0.25) is 0 Å². The van der Waals surface area contributed by atoms with Crippen LogP contribution in [0.25, 0.3) is 10.9 Å². The van der Waals surface area contributed by atoms with Crippen LogP contribution in [0.4, 0.5) is 0 Å². The van der Waals surface area contributed by atoms with E-state index in [1.807, 2.05) is 6.07 Å². The minimum atomic E-state index is -0.449. The quantitative estimate of drug-likeness (QED) is 0.769. The summed E-state index contributed by atoms with van der Waals surface area (Å²) in [6.07, 6.45) is 2.16. The highest BCUT2D eigenvalue weighted by Gasteiger charge is 2.22. The Balaban J connectivity index is 0.00000147. The highest BCUT2D eigenvalue weighted by Crippen LogP contribution is 2.32. The molecule has 1 aliphatic heterocycles. The molecule has 1 aromatic heterocycles. The first-order chi connectivity index (χ1) is 9.16. The maximum absolute atomic E-state index is 11.5. The average Bonchev–Trinajstić information content (AvgIpc) is 2.82. The van der Waals surface area contributed by atoms with Crippen molar-refractivity contribution in [1.82, 2.24) is 15.5 Å². The molecule has 0 radical (unpaired) electrons. The first kappa shape index (κ1) is 15.3. The molecule has 0 unspecified atom stereocenters. The van der Waals surface area contributed by atoms with Crippen molar-refractivity contribution in [3.05, 3.63) is 27.9 Å². The molecule has 4 N–H and O–H groups in total. The predicted molar refractivity (Wildman–Crippen MR) is 84.4 cm³/mol. The van der Waals surface area contributed by atoms with Gasteiger partial charge in [0.1, 0.15) is 5.52 Å². The molecule has 108 valence electrons. The van der Waals surface area contributed by atoms with Crippen LogP contribution in [0.1, 0.15) is 34.8 Å². The highest BCUT2D eigenvalue weighted by molar-refractivity contribution is 9.10. The number of aromatic amines is 1. The van der Waals surface area contributed by atoms with Crippen molar-refractivity contribution in [2.75, 3.05) is 13.1 Å². The number of piperidine rings is 1. The summed E-state index contributed by atoms with van der Waals surface area (Å²) in [6.45, 7) is 2.03. The zero-order chi connectivity index (χ0) is 13.4. The van der Waals surface area contributed by atoms with Crippen LogP contribution in [-0.2, 0) is 0 Å². The summed E-state index contributed by atoms with van der Waals surface area (Å²) < 4.78 is 0.852. The lowest BCUT2D eigenvalue weighted by Gasteiger charge is -2.21. The van der Waals surface area contributed by atoms with E-state index < -0.39 is 5.91 Å². The first-order valence-corrected chi connectivity index (χ1v) is 7.14. The summed E-state index contributed by atoms with van der Waals surface area (Å²) in [7, 11) is 0. The molecule has 1 aliphatic rings. The first-order valence-electron chi connectivity index (χ1n) is 6.35. The Morgan fingerprint density at radius 3 is 2.70 bits per heavy atom. The number of halogens is 2. The molecule has 2 heterocycles. The number of hydrogen-bond acceptors (Lipinski definition) is 3. The number of nitrogens with two attached hydrogens (primary N) is 1. The van der Waals surface area contributed by atoms with Gasteiger partial charge >= 0.3 is 0 Å². The van der Waals surface area contributed by atoms with Gasteiger partial charge in [0.25, 0.3) is 5.91 Å². The number of hydrogen-bond donors (Lipinski definition) is 3. The molecule has 0 atom stereocenters. The maximum Gasteiger partial charge on any atom is 0.251 e. The summed E-state index contributed by atoms with van der Waals surface area (Å²) >= 11 is 3.43. The topological polar surface area (TPSA) is 83.8 Å². The molecule has 0 saturated carbocycles. The zero-order valence-corrected chi connectivity index (χ0v) is 13.2. The third kappa shape index (κ3) is 2.68. The van der Waals surface area contributed by atoms with E-state index in [0.29, 0.717) is 17.0 Å². The molecule has 1 saturated heterocycles. The van der Waals surface area contributed by atoms with Crippen LogP contribution < -0.4 is 11.1 Å². The number of aromatic nitrogens is 2. The lowest BCUT2D eigenvalue weighted by atomic mass is 9.92. The van der Waals surface area contributed by atoms with Gasteiger partial charge in [-0.2, -0.15) is 5.10 Å². The Hall–Kier alpha value is -1.11. The fraction of sp³-hybridized carbons (Fsp3) is 0.385. The van der Waals surface area contributed by atoms with Crippen molar-refractivity contribution in [2.45, 2.75) is 18.8 Å². The Morgan fingerprint density at radius 1 is 1.35 bits per heavy atom. The van der Waals surface area contributed by atoms with Gasteiger partial charge in [-0.05, 0) is 38.1 Å². The largest absolute Gasteiger partial charge is 0.366 e. The fourth-order valence-corrected chi connectivity index (χ4v) is 3.17. The van der Waals surface area contributed by atoms with Crippen LogP contribution in [0.2, 0.25) is 0 Å². The van der Waals surface area contributed by atoms with E-state index in [1.165, 1.54) is 0 Å². The molecule has 5 nitrogen and oxygen atoms in total. The minimum Gasteiger partial charge on any atom is -0.366 e. The van der Waals surface area contributed by atoms with E-state index in [2.05, 4.69) is 31.4 Å². The molecule has 2 aromatic rings. The Labute approximate surface area is 131 Å². The van der Waals surface area contributed by atoms with Crippen LogP contribution in [0.15, 0.2) is 16.6 Å². The van der Waals surface area contributed by atoms with Gasteiger partial charge in [0.05, 0.1) is 5.56 Å². The van der Waals surface area contributed by atoms with Gasteiger partial charge in [0, 0.05) is 21.5 Å². The Kier molecular flexibility index (Phi) is 4.67. The number of benzene rings is 1. The molecular weight excluding hydrogens is 344 g/mol. The summed E-state index contributed by atoms with van der Waals surface area (Å²) in [6, 6.07) is 3.72. The van der Waals surface area contributed by atoms with Gasteiger partial charge in [-0.3, -0.25) is 9.89 Å². The third-order valence-electron chi connectivity index (χ3n) is 3.67. The lowest BCUT2D eigenvalue weighted by Crippen LogP contribution is -2.26. The van der Waals surface area contributed by atoms with Crippen LogP contribution in [-0.4, -0.2) is 29.2 Å². The van der Waals surface area contributed by atoms with Crippen molar-refractivity contribution in [3.8, 4) is 0 Å².